The van der Waals surface area contributed by atoms with Gasteiger partial charge in [-0.05, 0) is 41.0 Å². The van der Waals surface area contributed by atoms with Crippen LogP contribution in [-0.4, -0.2) is 40.7 Å². The molecule has 0 spiro atoms. The van der Waals surface area contributed by atoms with Gasteiger partial charge in [0.2, 0.25) is 0 Å². The molecule has 2 aromatic carbocycles. The van der Waals surface area contributed by atoms with Gasteiger partial charge in [-0.3, -0.25) is 9.59 Å². The highest BCUT2D eigenvalue weighted by Gasteiger charge is 2.32. The second-order valence-corrected chi connectivity index (χ2v) is 9.85. The van der Waals surface area contributed by atoms with Gasteiger partial charge in [-0.2, -0.15) is 0 Å². The minimum absolute atomic E-state index is 0.00934. The maximum Gasteiger partial charge on any atom is 0.407 e. The van der Waals surface area contributed by atoms with E-state index < -0.39 is 12.1 Å². The molecule has 0 bridgehead atoms. The van der Waals surface area contributed by atoms with E-state index in [-0.39, 0.29) is 43.4 Å². The Labute approximate surface area is 206 Å². The zero-order valence-electron chi connectivity index (χ0n) is 18.9. The van der Waals surface area contributed by atoms with Gasteiger partial charge < -0.3 is 20.5 Å². The smallest absolute Gasteiger partial charge is 0.407 e. The first-order valence-corrected chi connectivity index (χ1v) is 12.4. The molecule has 9 heteroatoms. The van der Waals surface area contributed by atoms with E-state index in [0.29, 0.717) is 23.5 Å². The largest absolute Gasteiger partial charge is 0.481 e. The van der Waals surface area contributed by atoms with E-state index in [4.69, 9.17) is 9.84 Å². The molecule has 1 fully saturated rings. The molecule has 3 N–H and O–H groups in total. The van der Waals surface area contributed by atoms with Crippen molar-refractivity contribution in [2.24, 2.45) is 5.92 Å². The molecule has 1 heterocycles. The number of carbonyl (C=O) groups excluding carboxylic acids is 2. The van der Waals surface area contributed by atoms with Crippen LogP contribution in [0.15, 0.2) is 53.9 Å². The molecule has 0 aliphatic heterocycles. The third-order valence-corrected chi connectivity index (χ3v) is 7.40. The van der Waals surface area contributed by atoms with Crippen LogP contribution in [-0.2, 0) is 16.1 Å². The van der Waals surface area contributed by atoms with Crippen LogP contribution in [0.1, 0.15) is 51.8 Å². The van der Waals surface area contributed by atoms with Gasteiger partial charge in [0.25, 0.3) is 5.91 Å². The SMILES string of the molecule is O=C(O)CC1CC(NC(=O)c2csc(CNC(=O)OCC3c4ccccc4-c4ccccc43)n2)C1. The van der Waals surface area contributed by atoms with E-state index in [0.717, 1.165) is 11.1 Å². The summed E-state index contributed by atoms with van der Waals surface area (Å²) in [5.74, 6) is -0.990. The van der Waals surface area contributed by atoms with Crippen molar-refractivity contribution < 1.29 is 24.2 Å². The van der Waals surface area contributed by atoms with Crippen molar-refractivity contribution in [1.82, 2.24) is 15.6 Å². The van der Waals surface area contributed by atoms with E-state index in [1.54, 1.807) is 5.38 Å². The number of thiazole rings is 1. The second kappa shape index (κ2) is 9.87. The van der Waals surface area contributed by atoms with E-state index in [2.05, 4.69) is 39.9 Å². The lowest BCUT2D eigenvalue weighted by Crippen LogP contribution is -2.44. The normalized spacial score (nSPS) is 18.2. The third-order valence-electron chi connectivity index (χ3n) is 6.55. The average Bonchev–Trinajstić information content (AvgIpc) is 3.43. The molecule has 0 radical (unpaired) electrons. The molecule has 0 unspecified atom stereocenters. The van der Waals surface area contributed by atoms with Crippen molar-refractivity contribution in [2.75, 3.05) is 6.61 Å². The molecule has 8 nitrogen and oxygen atoms in total. The fraction of sp³-hybridized carbons (Fsp3) is 0.308. The summed E-state index contributed by atoms with van der Waals surface area (Å²) in [6.07, 6.45) is 0.929. The summed E-state index contributed by atoms with van der Waals surface area (Å²) in [6.45, 7) is 0.397. The fourth-order valence-corrected chi connectivity index (χ4v) is 5.53. The Bertz CT molecular complexity index is 1220. The topological polar surface area (TPSA) is 118 Å². The first-order chi connectivity index (χ1) is 17.0. The first-order valence-electron chi connectivity index (χ1n) is 11.5. The Balaban J connectivity index is 1.09. The summed E-state index contributed by atoms with van der Waals surface area (Å²) in [4.78, 5) is 39.8. The maximum atomic E-state index is 12.4. The van der Waals surface area contributed by atoms with Crippen LogP contribution in [0, 0.1) is 5.92 Å². The van der Waals surface area contributed by atoms with Gasteiger partial charge in [-0.25, -0.2) is 9.78 Å². The van der Waals surface area contributed by atoms with Crippen molar-refractivity contribution in [1.29, 1.82) is 0 Å². The third kappa shape index (κ3) is 5.05. The number of hydrogen-bond donors (Lipinski definition) is 3. The van der Waals surface area contributed by atoms with Crippen LogP contribution in [0.2, 0.25) is 0 Å². The summed E-state index contributed by atoms with van der Waals surface area (Å²) >= 11 is 1.29. The lowest BCUT2D eigenvalue weighted by atomic mass is 9.78. The van der Waals surface area contributed by atoms with Crippen molar-refractivity contribution in [3.8, 4) is 11.1 Å². The number of nitrogens with one attached hydrogen (secondary N) is 2. The second-order valence-electron chi connectivity index (χ2n) is 8.91. The number of rotatable bonds is 8. The van der Waals surface area contributed by atoms with Gasteiger partial charge in [-0.15, -0.1) is 11.3 Å². The Kier molecular flexibility index (Phi) is 6.50. The number of fused-ring (bicyclic) bond motifs is 3. The molecule has 180 valence electrons. The lowest BCUT2D eigenvalue weighted by Gasteiger charge is -2.34. The molecule has 0 atom stereocenters. The predicted molar refractivity (Wildman–Crippen MR) is 130 cm³/mol. The molecule has 35 heavy (non-hydrogen) atoms. The fourth-order valence-electron chi connectivity index (χ4n) is 4.82. The zero-order chi connectivity index (χ0) is 24.4. The molecule has 1 saturated carbocycles. The van der Waals surface area contributed by atoms with Crippen molar-refractivity contribution in [3.63, 3.8) is 0 Å². The standard InChI is InChI=1S/C26H25N3O5S/c30-24(31)11-15-9-16(10-15)28-25(32)22-14-35-23(29-22)12-27-26(33)34-13-21-19-7-3-1-5-17(19)18-6-2-4-8-20(18)21/h1-8,14-16,21H,9-13H2,(H,27,33)(H,28,32)(H,30,31). The molecular formula is C26H25N3O5S. The first kappa shape index (κ1) is 23.0. The number of nitrogens with zero attached hydrogens (tertiary/aromatic N) is 1. The number of alkyl carbamates (subject to hydrolysis) is 1. The van der Waals surface area contributed by atoms with Crippen LogP contribution >= 0.6 is 11.3 Å². The summed E-state index contributed by atoms with van der Waals surface area (Å²) in [6, 6.07) is 16.3. The Morgan fingerprint density at radius 2 is 1.69 bits per heavy atom. The van der Waals surface area contributed by atoms with Gasteiger partial charge in [-0.1, -0.05) is 48.5 Å². The van der Waals surface area contributed by atoms with Crippen LogP contribution in [0.3, 0.4) is 0 Å². The highest BCUT2D eigenvalue weighted by molar-refractivity contribution is 7.09. The number of amides is 2. The molecule has 1 aromatic heterocycles. The van der Waals surface area contributed by atoms with Crippen LogP contribution in [0.4, 0.5) is 4.79 Å². The number of aliphatic carboxylic acids is 1. The van der Waals surface area contributed by atoms with E-state index >= 15 is 0 Å². The van der Waals surface area contributed by atoms with Crippen LogP contribution in [0.25, 0.3) is 11.1 Å². The van der Waals surface area contributed by atoms with Gasteiger partial charge in [0.05, 0.1) is 6.54 Å². The molecule has 3 aromatic rings. The van der Waals surface area contributed by atoms with Gasteiger partial charge >= 0.3 is 12.1 Å². The average molecular weight is 492 g/mol. The predicted octanol–water partition coefficient (Wildman–Crippen LogP) is 4.16. The van der Waals surface area contributed by atoms with Crippen LogP contribution in [0.5, 0.6) is 0 Å². The quantitative estimate of drug-likeness (QED) is 0.435. The molecule has 5 rings (SSSR count). The molecule has 2 aliphatic rings. The number of carboxylic acids is 1. The molecule has 2 amide bonds. The number of benzene rings is 2. The van der Waals surface area contributed by atoms with Crippen molar-refractivity contribution in [3.05, 3.63) is 75.7 Å². The molecule has 0 saturated heterocycles. The number of carbonyl (C=O) groups is 3. The van der Waals surface area contributed by atoms with Crippen molar-refractivity contribution >= 4 is 29.3 Å². The van der Waals surface area contributed by atoms with Crippen LogP contribution < -0.4 is 10.6 Å². The monoisotopic (exact) mass is 491 g/mol. The summed E-state index contributed by atoms with van der Waals surface area (Å²) in [7, 11) is 0. The highest BCUT2D eigenvalue weighted by Crippen LogP contribution is 2.44. The Hall–Kier alpha value is -3.72. The number of ether oxygens (including phenoxy) is 1. The van der Waals surface area contributed by atoms with Crippen molar-refractivity contribution in [2.45, 2.75) is 37.8 Å². The van der Waals surface area contributed by atoms with Gasteiger partial charge in [0, 0.05) is 23.8 Å². The number of aromatic nitrogens is 1. The molecular weight excluding hydrogens is 466 g/mol. The van der Waals surface area contributed by atoms with E-state index in [9.17, 15) is 14.4 Å². The maximum absolute atomic E-state index is 12.4. The zero-order valence-corrected chi connectivity index (χ0v) is 19.7. The Morgan fingerprint density at radius 3 is 2.34 bits per heavy atom. The van der Waals surface area contributed by atoms with Gasteiger partial charge in [0.1, 0.15) is 17.3 Å². The van der Waals surface area contributed by atoms with E-state index in [1.165, 1.54) is 22.5 Å². The minimum atomic E-state index is -0.812. The van der Waals surface area contributed by atoms with Gasteiger partial charge in [0.15, 0.2) is 0 Å². The number of hydrogen-bond acceptors (Lipinski definition) is 6. The summed E-state index contributed by atoms with van der Waals surface area (Å²) < 4.78 is 5.53. The van der Waals surface area contributed by atoms with E-state index in [1.807, 2.05) is 24.3 Å². The summed E-state index contributed by atoms with van der Waals surface area (Å²) in [5.41, 5.74) is 4.94. The summed E-state index contributed by atoms with van der Waals surface area (Å²) in [5, 5.41) is 16.7. The molecule has 2 aliphatic carbocycles. The Morgan fingerprint density at radius 1 is 1.03 bits per heavy atom. The number of carboxylic acid groups (broad SMARTS) is 1. The lowest BCUT2D eigenvalue weighted by molar-refractivity contribution is -0.138. The minimum Gasteiger partial charge on any atom is -0.481 e. The highest BCUT2D eigenvalue weighted by atomic mass is 32.1.